The Balaban J connectivity index is 1.54. The first-order chi connectivity index (χ1) is 14.1. The van der Waals surface area contributed by atoms with Gasteiger partial charge < -0.3 is 10.1 Å². The molecule has 4 rings (SSSR count). The van der Waals surface area contributed by atoms with E-state index in [2.05, 4.69) is 10.3 Å². The van der Waals surface area contributed by atoms with Crippen molar-refractivity contribution in [1.82, 2.24) is 9.38 Å². The number of fused-ring (bicyclic) bond motifs is 1. The van der Waals surface area contributed by atoms with E-state index in [1.807, 2.05) is 54.7 Å². The van der Waals surface area contributed by atoms with Crippen LogP contribution in [-0.2, 0) is 4.79 Å². The molecule has 144 valence electrons. The number of imidazole rings is 1. The predicted molar refractivity (Wildman–Crippen MR) is 108 cm³/mol. The number of hydrogen-bond acceptors (Lipinski definition) is 5. The van der Waals surface area contributed by atoms with Crippen molar-refractivity contribution in [2.24, 2.45) is 0 Å². The van der Waals surface area contributed by atoms with Crippen molar-refractivity contribution in [3.05, 3.63) is 89.1 Å². The molecule has 1 amide bonds. The summed E-state index contributed by atoms with van der Waals surface area (Å²) in [5.41, 5.74) is 2.20. The monoisotopic (exact) mass is 388 g/mol. The third kappa shape index (κ3) is 3.91. The minimum Gasteiger partial charge on any atom is -0.484 e. The highest BCUT2D eigenvalue weighted by atomic mass is 16.6. The number of rotatable bonds is 6. The van der Waals surface area contributed by atoms with Crippen molar-refractivity contribution in [3.8, 4) is 17.0 Å². The lowest BCUT2D eigenvalue weighted by molar-refractivity contribution is -0.384. The molecule has 0 saturated carbocycles. The molecule has 2 aromatic heterocycles. The van der Waals surface area contributed by atoms with Crippen LogP contribution in [0.3, 0.4) is 0 Å². The number of nitro benzene ring substituents is 1. The number of nitrogens with one attached hydrogen (secondary N) is 1. The van der Waals surface area contributed by atoms with E-state index in [1.54, 1.807) is 4.40 Å². The van der Waals surface area contributed by atoms with E-state index >= 15 is 0 Å². The van der Waals surface area contributed by atoms with Crippen LogP contribution in [0.1, 0.15) is 0 Å². The topological polar surface area (TPSA) is 98.8 Å². The fourth-order valence-electron chi connectivity index (χ4n) is 2.89. The zero-order valence-electron chi connectivity index (χ0n) is 15.2. The molecule has 0 bridgehead atoms. The molecule has 0 aliphatic rings. The van der Waals surface area contributed by atoms with Crippen LogP contribution in [0, 0.1) is 10.1 Å². The molecule has 0 saturated heterocycles. The van der Waals surface area contributed by atoms with Crippen molar-refractivity contribution < 1.29 is 14.5 Å². The van der Waals surface area contributed by atoms with Gasteiger partial charge in [-0.1, -0.05) is 36.4 Å². The van der Waals surface area contributed by atoms with Crippen molar-refractivity contribution >= 4 is 23.1 Å². The maximum atomic E-state index is 12.5. The molecular formula is C21H16N4O4. The number of carbonyl (C=O) groups is 1. The number of benzene rings is 2. The Morgan fingerprint density at radius 2 is 1.76 bits per heavy atom. The summed E-state index contributed by atoms with van der Waals surface area (Å²) in [6.45, 7) is -0.244. The van der Waals surface area contributed by atoms with Gasteiger partial charge in [0.1, 0.15) is 22.9 Å². The second-order valence-electron chi connectivity index (χ2n) is 6.19. The van der Waals surface area contributed by atoms with E-state index < -0.39 is 4.92 Å². The second-order valence-corrected chi connectivity index (χ2v) is 6.19. The molecule has 4 aromatic rings. The van der Waals surface area contributed by atoms with Crippen molar-refractivity contribution in [2.45, 2.75) is 0 Å². The Bertz CT molecular complexity index is 1170. The summed E-state index contributed by atoms with van der Waals surface area (Å²) in [4.78, 5) is 27.3. The minimum absolute atomic E-state index is 0.0416. The lowest BCUT2D eigenvalue weighted by atomic mass is 10.1. The fourth-order valence-corrected chi connectivity index (χ4v) is 2.89. The Hall–Kier alpha value is -4.20. The average Bonchev–Trinajstić information content (AvgIpc) is 3.11. The van der Waals surface area contributed by atoms with Crippen LogP contribution in [0.15, 0.2) is 79.0 Å². The van der Waals surface area contributed by atoms with Crippen molar-refractivity contribution in [1.29, 1.82) is 0 Å². The lowest BCUT2D eigenvalue weighted by Crippen LogP contribution is -2.21. The molecule has 2 aromatic carbocycles. The van der Waals surface area contributed by atoms with Gasteiger partial charge in [0.05, 0.1) is 4.92 Å². The highest BCUT2D eigenvalue weighted by Crippen LogP contribution is 2.28. The summed E-state index contributed by atoms with van der Waals surface area (Å²) in [6, 6.07) is 20.7. The van der Waals surface area contributed by atoms with Crippen LogP contribution < -0.4 is 10.1 Å². The van der Waals surface area contributed by atoms with E-state index in [0.717, 1.165) is 5.56 Å². The number of aromatic nitrogens is 2. The van der Waals surface area contributed by atoms with E-state index in [9.17, 15) is 14.9 Å². The zero-order valence-corrected chi connectivity index (χ0v) is 15.2. The van der Waals surface area contributed by atoms with Gasteiger partial charge in [-0.2, -0.15) is 0 Å². The molecule has 1 N–H and O–H groups in total. The number of nitrogens with zero attached hydrogens (tertiary/aromatic N) is 3. The number of ether oxygens (including phenoxy) is 1. The number of nitro groups is 1. The van der Waals surface area contributed by atoms with Gasteiger partial charge in [0.2, 0.25) is 0 Å². The van der Waals surface area contributed by atoms with E-state index in [0.29, 0.717) is 22.9 Å². The summed E-state index contributed by atoms with van der Waals surface area (Å²) < 4.78 is 7.24. The zero-order chi connectivity index (χ0) is 20.2. The third-order valence-corrected chi connectivity index (χ3v) is 4.25. The maximum Gasteiger partial charge on any atom is 0.269 e. The first kappa shape index (κ1) is 18.2. The van der Waals surface area contributed by atoms with Crippen LogP contribution in [0.25, 0.3) is 16.9 Å². The van der Waals surface area contributed by atoms with Crippen LogP contribution >= 0.6 is 0 Å². The van der Waals surface area contributed by atoms with Crippen LogP contribution in [0.5, 0.6) is 5.75 Å². The van der Waals surface area contributed by atoms with Crippen LogP contribution in [-0.4, -0.2) is 26.8 Å². The molecule has 0 spiro atoms. The molecule has 0 fully saturated rings. The van der Waals surface area contributed by atoms with Crippen LogP contribution in [0.2, 0.25) is 0 Å². The largest absolute Gasteiger partial charge is 0.484 e. The molecular weight excluding hydrogens is 372 g/mol. The van der Waals surface area contributed by atoms with E-state index in [1.165, 1.54) is 24.3 Å². The minimum atomic E-state index is -0.494. The summed E-state index contributed by atoms with van der Waals surface area (Å²) in [6.07, 6.45) is 1.82. The van der Waals surface area contributed by atoms with Gasteiger partial charge in [-0.15, -0.1) is 0 Å². The van der Waals surface area contributed by atoms with Gasteiger partial charge in [0.15, 0.2) is 6.61 Å². The maximum absolute atomic E-state index is 12.5. The molecule has 0 atom stereocenters. The molecule has 0 radical (unpaired) electrons. The fraction of sp³-hybridized carbons (Fsp3) is 0.0476. The predicted octanol–water partition coefficient (Wildman–Crippen LogP) is 3.93. The summed E-state index contributed by atoms with van der Waals surface area (Å²) in [5.74, 6) is 0.544. The molecule has 2 heterocycles. The van der Waals surface area contributed by atoms with Gasteiger partial charge in [-0.25, -0.2) is 4.98 Å². The van der Waals surface area contributed by atoms with Gasteiger partial charge in [0.25, 0.3) is 11.6 Å². The first-order valence-corrected chi connectivity index (χ1v) is 8.81. The molecule has 8 heteroatoms. The molecule has 0 aliphatic heterocycles. The number of non-ortho nitro benzene ring substituents is 1. The SMILES string of the molecule is O=C(COc1ccc([N+](=O)[O-])cc1)Nc1c(-c2ccccc2)nc2ccccn12. The Kier molecular flexibility index (Phi) is 4.90. The molecule has 0 unspecified atom stereocenters. The van der Waals surface area contributed by atoms with Gasteiger partial charge in [-0.3, -0.25) is 19.3 Å². The Labute approximate surface area is 165 Å². The van der Waals surface area contributed by atoms with Gasteiger partial charge >= 0.3 is 0 Å². The second kappa shape index (κ2) is 7.81. The van der Waals surface area contributed by atoms with E-state index in [4.69, 9.17) is 4.74 Å². The smallest absolute Gasteiger partial charge is 0.269 e. The summed E-state index contributed by atoms with van der Waals surface area (Å²) in [7, 11) is 0. The van der Waals surface area contributed by atoms with E-state index in [-0.39, 0.29) is 18.2 Å². The quantitative estimate of drug-likeness (QED) is 0.399. The third-order valence-electron chi connectivity index (χ3n) is 4.25. The Morgan fingerprint density at radius 3 is 2.48 bits per heavy atom. The van der Waals surface area contributed by atoms with Gasteiger partial charge in [-0.05, 0) is 24.3 Å². The first-order valence-electron chi connectivity index (χ1n) is 8.81. The number of anilines is 1. The number of amides is 1. The number of pyridine rings is 1. The highest BCUT2D eigenvalue weighted by molar-refractivity contribution is 5.95. The summed E-state index contributed by atoms with van der Waals surface area (Å²) >= 11 is 0. The van der Waals surface area contributed by atoms with Crippen molar-refractivity contribution in [3.63, 3.8) is 0 Å². The van der Waals surface area contributed by atoms with Crippen LogP contribution in [0.4, 0.5) is 11.5 Å². The highest BCUT2D eigenvalue weighted by Gasteiger charge is 2.16. The molecule has 0 aliphatic carbocycles. The Morgan fingerprint density at radius 1 is 1.03 bits per heavy atom. The molecule has 8 nitrogen and oxygen atoms in total. The van der Waals surface area contributed by atoms with Gasteiger partial charge in [0, 0.05) is 23.9 Å². The summed E-state index contributed by atoms with van der Waals surface area (Å²) in [5, 5.41) is 13.6. The molecule has 29 heavy (non-hydrogen) atoms. The standard InChI is InChI=1S/C21H16N4O4/c26-19(14-29-17-11-9-16(10-12-17)25(27)28)23-21-20(15-6-2-1-3-7-15)22-18-8-4-5-13-24(18)21/h1-13H,14H2,(H,23,26). The average molecular weight is 388 g/mol. The normalized spacial score (nSPS) is 10.6. The van der Waals surface area contributed by atoms with Crippen molar-refractivity contribution in [2.75, 3.05) is 11.9 Å². The number of carbonyl (C=O) groups excluding carboxylic acids is 1. The lowest BCUT2D eigenvalue weighted by Gasteiger charge is -2.09. The number of hydrogen-bond donors (Lipinski definition) is 1.